The number of carbonyl (C=O) groups is 1. The van der Waals surface area contributed by atoms with Gasteiger partial charge in [-0.3, -0.25) is 4.79 Å². The summed E-state index contributed by atoms with van der Waals surface area (Å²) in [5.74, 6) is 0.272. The molecule has 1 aliphatic heterocycles. The number of aliphatic carboxylic acids is 1. The lowest BCUT2D eigenvalue weighted by molar-refractivity contribution is -0.142. The molecule has 7 heteroatoms. The third-order valence-corrected chi connectivity index (χ3v) is 4.14. The second-order valence-electron chi connectivity index (χ2n) is 5.62. The molecule has 0 spiro atoms. The summed E-state index contributed by atoms with van der Waals surface area (Å²) < 4.78 is 3.74. The summed E-state index contributed by atoms with van der Waals surface area (Å²) in [6.07, 6.45) is 6.40. The van der Waals surface area contributed by atoms with Gasteiger partial charge in [0.15, 0.2) is 5.82 Å². The number of aryl methyl sites for hydroxylation is 1. The van der Waals surface area contributed by atoms with Gasteiger partial charge in [0.05, 0.1) is 12.2 Å². The monoisotopic (exact) mass is 309 g/mol. The fraction of sp³-hybridized carbons (Fsp3) is 0.250. The van der Waals surface area contributed by atoms with E-state index in [1.165, 1.54) is 0 Å². The molecule has 0 radical (unpaired) electrons. The molecule has 1 N–H and O–H groups in total. The fourth-order valence-electron chi connectivity index (χ4n) is 2.83. The number of benzene rings is 1. The van der Waals surface area contributed by atoms with Crippen molar-refractivity contribution in [1.82, 2.24) is 24.3 Å². The molecule has 1 atom stereocenters. The van der Waals surface area contributed by atoms with Crippen LogP contribution in [0.4, 0.5) is 0 Å². The van der Waals surface area contributed by atoms with Crippen LogP contribution in [0.2, 0.25) is 0 Å². The molecule has 0 fully saturated rings. The van der Waals surface area contributed by atoms with Crippen LogP contribution in [0.25, 0.3) is 17.1 Å². The molecular weight excluding hydrogens is 294 g/mol. The van der Waals surface area contributed by atoms with Gasteiger partial charge in [0, 0.05) is 36.6 Å². The van der Waals surface area contributed by atoms with Gasteiger partial charge in [0.1, 0.15) is 5.82 Å². The van der Waals surface area contributed by atoms with Crippen molar-refractivity contribution in [2.45, 2.75) is 19.4 Å². The van der Waals surface area contributed by atoms with E-state index in [-0.39, 0.29) is 5.92 Å². The smallest absolute Gasteiger partial charge is 0.307 e. The van der Waals surface area contributed by atoms with Gasteiger partial charge in [-0.2, -0.15) is 5.10 Å². The van der Waals surface area contributed by atoms with E-state index in [2.05, 4.69) is 15.1 Å². The van der Waals surface area contributed by atoms with E-state index in [1.807, 2.05) is 39.7 Å². The highest BCUT2D eigenvalue weighted by atomic mass is 16.4. The molecule has 1 aromatic carbocycles. The lowest BCUT2D eigenvalue weighted by Crippen LogP contribution is -2.26. The first-order valence-corrected chi connectivity index (χ1v) is 7.46. The van der Waals surface area contributed by atoms with E-state index >= 15 is 0 Å². The lowest BCUT2D eigenvalue weighted by Gasteiger charge is -2.17. The number of hydrogen-bond acceptors (Lipinski definition) is 4. The lowest BCUT2D eigenvalue weighted by atomic mass is 9.98. The highest BCUT2D eigenvalue weighted by molar-refractivity contribution is 5.70. The minimum Gasteiger partial charge on any atom is -0.481 e. The molecule has 0 amide bonds. The molecule has 1 unspecified atom stereocenters. The summed E-state index contributed by atoms with van der Waals surface area (Å²) in [6, 6.07) is 7.89. The average Bonchev–Trinajstić information content (AvgIpc) is 3.23. The number of nitrogens with zero attached hydrogens (tertiary/aromatic N) is 5. The summed E-state index contributed by atoms with van der Waals surface area (Å²) in [5, 5.41) is 13.6. The fourth-order valence-corrected chi connectivity index (χ4v) is 2.83. The maximum atomic E-state index is 11.1. The summed E-state index contributed by atoms with van der Waals surface area (Å²) in [6.45, 7) is 0.604. The largest absolute Gasteiger partial charge is 0.481 e. The van der Waals surface area contributed by atoms with Gasteiger partial charge in [0.25, 0.3) is 0 Å². The van der Waals surface area contributed by atoms with Gasteiger partial charge < -0.3 is 9.67 Å². The molecule has 1 aliphatic rings. The summed E-state index contributed by atoms with van der Waals surface area (Å²) in [4.78, 5) is 19.7. The predicted molar refractivity (Wildman–Crippen MR) is 82.0 cm³/mol. The van der Waals surface area contributed by atoms with Gasteiger partial charge in [-0.05, 0) is 30.7 Å². The second kappa shape index (κ2) is 5.35. The van der Waals surface area contributed by atoms with Crippen LogP contribution in [-0.2, 0) is 17.8 Å². The van der Waals surface area contributed by atoms with E-state index in [0.717, 1.165) is 17.1 Å². The Bertz CT molecular complexity index is 836. The van der Waals surface area contributed by atoms with Crippen LogP contribution in [0, 0.1) is 5.92 Å². The molecule has 7 nitrogen and oxygen atoms in total. The number of hydrogen-bond donors (Lipinski definition) is 1. The Labute approximate surface area is 132 Å². The molecule has 0 aliphatic carbocycles. The van der Waals surface area contributed by atoms with E-state index in [9.17, 15) is 4.79 Å². The third-order valence-electron chi connectivity index (χ3n) is 4.14. The molecule has 3 heterocycles. The zero-order chi connectivity index (χ0) is 15.8. The average molecular weight is 309 g/mol. The van der Waals surface area contributed by atoms with E-state index in [4.69, 9.17) is 5.11 Å². The maximum absolute atomic E-state index is 11.1. The van der Waals surface area contributed by atoms with Crippen LogP contribution in [0.1, 0.15) is 12.2 Å². The first-order valence-electron chi connectivity index (χ1n) is 7.46. The Morgan fingerprint density at radius 2 is 2.09 bits per heavy atom. The number of aromatic nitrogens is 5. The van der Waals surface area contributed by atoms with Crippen molar-refractivity contribution in [2.24, 2.45) is 5.92 Å². The van der Waals surface area contributed by atoms with Crippen molar-refractivity contribution in [3.05, 3.63) is 48.8 Å². The SMILES string of the molecule is O=C(O)C1CCn2nc(-c3ccc(-n4ccnc4)cc3)nc2C1. The first-order chi connectivity index (χ1) is 11.2. The maximum Gasteiger partial charge on any atom is 0.307 e. The van der Waals surface area contributed by atoms with Crippen molar-refractivity contribution in [3.63, 3.8) is 0 Å². The van der Waals surface area contributed by atoms with E-state index in [1.54, 1.807) is 12.5 Å². The van der Waals surface area contributed by atoms with Crippen molar-refractivity contribution in [2.75, 3.05) is 0 Å². The molecule has 0 saturated carbocycles. The Morgan fingerprint density at radius 1 is 1.26 bits per heavy atom. The quantitative estimate of drug-likeness (QED) is 0.797. The standard InChI is InChI=1S/C16H15N5O2/c22-16(23)12-5-7-21-14(9-12)18-15(19-21)11-1-3-13(4-2-11)20-8-6-17-10-20/h1-4,6,8,10,12H,5,7,9H2,(H,22,23). The van der Waals surface area contributed by atoms with Crippen LogP contribution in [0.5, 0.6) is 0 Å². The number of carboxylic acid groups (broad SMARTS) is 1. The molecule has 2 aromatic heterocycles. The Kier molecular flexibility index (Phi) is 3.18. The zero-order valence-corrected chi connectivity index (χ0v) is 12.3. The minimum absolute atomic E-state index is 0.358. The first kappa shape index (κ1) is 13.7. The third kappa shape index (κ3) is 2.50. The summed E-state index contributed by atoms with van der Waals surface area (Å²) in [5.41, 5.74) is 1.93. The molecule has 4 rings (SSSR count). The van der Waals surface area contributed by atoms with Gasteiger partial charge >= 0.3 is 5.97 Å². The van der Waals surface area contributed by atoms with E-state index < -0.39 is 5.97 Å². The number of carboxylic acids is 1. The molecule has 0 bridgehead atoms. The summed E-state index contributed by atoms with van der Waals surface area (Å²) in [7, 11) is 0. The normalized spacial score (nSPS) is 17.0. The molecule has 23 heavy (non-hydrogen) atoms. The number of rotatable bonds is 3. The second-order valence-corrected chi connectivity index (χ2v) is 5.62. The number of fused-ring (bicyclic) bond motifs is 1. The van der Waals surface area contributed by atoms with Crippen LogP contribution in [-0.4, -0.2) is 35.4 Å². The molecule has 116 valence electrons. The highest BCUT2D eigenvalue weighted by Crippen LogP contribution is 2.23. The molecule has 3 aromatic rings. The predicted octanol–water partition coefficient (Wildman–Crippen LogP) is 1.78. The van der Waals surface area contributed by atoms with Crippen molar-refractivity contribution < 1.29 is 9.90 Å². The van der Waals surface area contributed by atoms with Gasteiger partial charge in [-0.1, -0.05) is 0 Å². The Hall–Kier alpha value is -2.96. The van der Waals surface area contributed by atoms with Crippen molar-refractivity contribution >= 4 is 5.97 Å². The Morgan fingerprint density at radius 3 is 2.78 bits per heavy atom. The van der Waals surface area contributed by atoms with Gasteiger partial charge in [-0.25, -0.2) is 14.6 Å². The van der Waals surface area contributed by atoms with Crippen LogP contribution in [0.3, 0.4) is 0 Å². The van der Waals surface area contributed by atoms with Crippen LogP contribution >= 0.6 is 0 Å². The topological polar surface area (TPSA) is 85.8 Å². The van der Waals surface area contributed by atoms with Crippen molar-refractivity contribution in [3.8, 4) is 17.1 Å². The number of imidazole rings is 1. The minimum atomic E-state index is -0.759. The molecular formula is C16H15N5O2. The Balaban J connectivity index is 1.61. The molecule has 0 saturated heterocycles. The summed E-state index contributed by atoms with van der Waals surface area (Å²) >= 11 is 0. The van der Waals surface area contributed by atoms with Crippen LogP contribution in [0.15, 0.2) is 43.0 Å². The zero-order valence-electron chi connectivity index (χ0n) is 12.3. The van der Waals surface area contributed by atoms with Gasteiger partial charge in [-0.15, -0.1) is 0 Å². The van der Waals surface area contributed by atoms with Crippen LogP contribution < -0.4 is 0 Å². The van der Waals surface area contributed by atoms with Crippen molar-refractivity contribution in [1.29, 1.82) is 0 Å². The van der Waals surface area contributed by atoms with Gasteiger partial charge in [0.2, 0.25) is 0 Å². The highest BCUT2D eigenvalue weighted by Gasteiger charge is 2.26. The van der Waals surface area contributed by atoms with E-state index in [0.29, 0.717) is 25.2 Å².